The first kappa shape index (κ1) is 10.0. The first-order chi connectivity index (χ1) is 6.15. The number of carbonyl (C=O) groups excluding carboxylic acids is 2. The van der Waals surface area contributed by atoms with Crippen LogP contribution in [0.3, 0.4) is 0 Å². The quantitative estimate of drug-likeness (QED) is 0.677. The maximum atomic E-state index is 11.4. The Morgan fingerprint density at radius 1 is 1.54 bits per heavy atom. The van der Waals surface area contributed by atoms with Gasteiger partial charge < -0.3 is 10.6 Å². The molecule has 0 aromatic rings. The molecule has 1 saturated heterocycles. The first-order valence-electron chi connectivity index (χ1n) is 4.72. The summed E-state index contributed by atoms with van der Waals surface area (Å²) in [7, 11) is 0. The molecule has 1 heterocycles. The van der Waals surface area contributed by atoms with Crippen LogP contribution in [0.4, 0.5) is 0 Å². The Labute approximate surface area is 78.1 Å². The van der Waals surface area contributed by atoms with Gasteiger partial charge in [0, 0.05) is 19.5 Å². The zero-order valence-electron chi connectivity index (χ0n) is 7.95. The van der Waals surface area contributed by atoms with Gasteiger partial charge in [-0.3, -0.25) is 9.59 Å². The van der Waals surface area contributed by atoms with Crippen molar-refractivity contribution in [1.82, 2.24) is 4.90 Å². The third kappa shape index (κ3) is 2.44. The Bertz CT molecular complexity index is 216. The normalized spacial score (nSPS) is 21.9. The van der Waals surface area contributed by atoms with E-state index in [4.69, 9.17) is 5.73 Å². The van der Waals surface area contributed by atoms with Crippen LogP contribution in [0.1, 0.15) is 26.2 Å². The number of likely N-dealkylation sites (tertiary alicyclic amines) is 1. The Kier molecular flexibility index (Phi) is 3.28. The predicted molar refractivity (Wildman–Crippen MR) is 48.8 cm³/mol. The highest BCUT2D eigenvalue weighted by atomic mass is 16.2. The molecule has 0 bridgehead atoms. The Morgan fingerprint density at radius 3 is 2.69 bits per heavy atom. The fraction of sp³-hybridized carbons (Fsp3) is 0.778. The molecule has 0 aliphatic carbocycles. The second-order valence-corrected chi connectivity index (χ2v) is 3.48. The maximum absolute atomic E-state index is 11.4. The first-order valence-corrected chi connectivity index (χ1v) is 4.72. The van der Waals surface area contributed by atoms with Crippen LogP contribution < -0.4 is 5.73 Å². The van der Waals surface area contributed by atoms with Crippen molar-refractivity contribution in [2.75, 3.05) is 13.1 Å². The van der Waals surface area contributed by atoms with Crippen LogP contribution in [0, 0.1) is 5.92 Å². The lowest BCUT2D eigenvalue weighted by Crippen LogP contribution is -2.31. The van der Waals surface area contributed by atoms with Gasteiger partial charge in [-0.05, 0) is 12.8 Å². The van der Waals surface area contributed by atoms with Crippen molar-refractivity contribution in [3.63, 3.8) is 0 Å². The minimum absolute atomic E-state index is 0.124. The molecule has 2 N–H and O–H groups in total. The zero-order chi connectivity index (χ0) is 9.84. The molecular weight excluding hydrogens is 168 g/mol. The lowest BCUT2D eigenvalue weighted by molar-refractivity contribution is -0.130. The summed E-state index contributed by atoms with van der Waals surface area (Å²) >= 11 is 0. The van der Waals surface area contributed by atoms with Gasteiger partial charge in [-0.25, -0.2) is 0 Å². The molecule has 0 unspecified atom stereocenters. The van der Waals surface area contributed by atoms with E-state index in [0.717, 1.165) is 12.8 Å². The van der Waals surface area contributed by atoms with E-state index in [9.17, 15) is 9.59 Å². The number of amides is 2. The van der Waals surface area contributed by atoms with Crippen molar-refractivity contribution in [2.45, 2.75) is 26.2 Å². The fourth-order valence-electron chi connectivity index (χ4n) is 1.59. The van der Waals surface area contributed by atoms with Gasteiger partial charge >= 0.3 is 0 Å². The summed E-state index contributed by atoms with van der Waals surface area (Å²) in [6, 6.07) is 0. The molecule has 1 aliphatic heterocycles. The van der Waals surface area contributed by atoms with Crippen LogP contribution in [-0.4, -0.2) is 29.8 Å². The summed E-state index contributed by atoms with van der Waals surface area (Å²) in [4.78, 5) is 23.9. The highest BCUT2D eigenvalue weighted by molar-refractivity contribution is 5.80. The maximum Gasteiger partial charge on any atom is 0.222 e. The minimum Gasteiger partial charge on any atom is -0.369 e. The van der Waals surface area contributed by atoms with E-state index in [1.165, 1.54) is 0 Å². The van der Waals surface area contributed by atoms with E-state index in [1.54, 1.807) is 4.90 Å². The van der Waals surface area contributed by atoms with Crippen LogP contribution in [0.15, 0.2) is 0 Å². The molecule has 1 rings (SSSR count). The molecule has 0 spiro atoms. The second kappa shape index (κ2) is 4.25. The Hall–Kier alpha value is -1.06. The molecule has 0 aromatic carbocycles. The standard InChI is InChI=1S/C9H16N2O2/c1-2-3-8(12)11-5-4-7(6-11)9(10)13/h7H,2-6H2,1H3,(H2,10,13)/t7-/m1/s1. The van der Waals surface area contributed by atoms with Gasteiger partial charge in [0.2, 0.25) is 11.8 Å². The van der Waals surface area contributed by atoms with Gasteiger partial charge in [0.25, 0.3) is 0 Å². The summed E-state index contributed by atoms with van der Waals surface area (Å²) in [5, 5.41) is 0. The fourth-order valence-corrected chi connectivity index (χ4v) is 1.59. The number of primary amides is 1. The molecule has 1 atom stereocenters. The molecule has 0 saturated carbocycles. The van der Waals surface area contributed by atoms with Gasteiger partial charge in [-0.2, -0.15) is 0 Å². The summed E-state index contributed by atoms with van der Waals surface area (Å²) < 4.78 is 0. The van der Waals surface area contributed by atoms with Crippen molar-refractivity contribution in [1.29, 1.82) is 0 Å². The molecule has 4 heteroatoms. The molecule has 0 aromatic heterocycles. The molecule has 74 valence electrons. The molecule has 1 aliphatic rings. The number of hydrogen-bond donors (Lipinski definition) is 1. The van der Waals surface area contributed by atoms with Crippen molar-refractivity contribution < 1.29 is 9.59 Å². The number of hydrogen-bond acceptors (Lipinski definition) is 2. The molecule has 0 radical (unpaired) electrons. The van der Waals surface area contributed by atoms with Crippen LogP contribution >= 0.6 is 0 Å². The summed E-state index contributed by atoms with van der Waals surface area (Å²) in [5.74, 6) is -0.265. The zero-order valence-corrected chi connectivity index (χ0v) is 7.95. The summed E-state index contributed by atoms with van der Waals surface area (Å²) in [6.07, 6.45) is 2.16. The number of carbonyl (C=O) groups is 2. The van der Waals surface area contributed by atoms with Crippen LogP contribution in [0.25, 0.3) is 0 Å². The molecule has 4 nitrogen and oxygen atoms in total. The van der Waals surface area contributed by atoms with Gasteiger partial charge in [-0.15, -0.1) is 0 Å². The van der Waals surface area contributed by atoms with E-state index in [1.807, 2.05) is 6.92 Å². The SMILES string of the molecule is CCCC(=O)N1CC[C@@H](C(N)=O)C1. The lowest BCUT2D eigenvalue weighted by atomic mass is 10.1. The smallest absolute Gasteiger partial charge is 0.222 e. The van der Waals surface area contributed by atoms with Gasteiger partial charge in [0.05, 0.1) is 5.92 Å². The van der Waals surface area contributed by atoms with E-state index < -0.39 is 0 Å². The van der Waals surface area contributed by atoms with Crippen molar-refractivity contribution in [2.24, 2.45) is 11.7 Å². The van der Waals surface area contributed by atoms with E-state index in [0.29, 0.717) is 19.5 Å². The second-order valence-electron chi connectivity index (χ2n) is 3.48. The van der Waals surface area contributed by atoms with Gasteiger partial charge in [-0.1, -0.05) is 6.92 Å². The average Bonchev–Trinajstić information content (AvgIpc) is 2.52. The minimum atomic E-state index is -0.285. The largest absolute Gasteiger partial charge is 0.369 e. The summed E-state index contributed by atoms with van der Waals surface area (Å²) in [5.41, 5.74) is 5.16. The van der Waals surface area contributed by atoms with Crippen molar-refractivity contribution >= 4 is 11.8 Å². The van der Waals surface area contributed by atoms with E-state index in [2.05, 4.69) is 0 Å². The number of nitrogens with two attached hydrogens (primary N) is 1. The average molecular weight is 184 g/mol. The van der Waals surface area contributed by atoms with Crippen LogP contribution in [-0.2, 0) is 9.59 Å². The molecule has 2 amide bonds. The van der Waals surface area contributed by atoms with E-state index >= 15 is 0 Å². The molecule has 1 fully saturated rings. The van der Waals surface area contributed by atoms with Crippen molar-refractivity contribution in [3.8, 4) is 0 Å². The monoisotopic (exact) mass is 184 g/mol. The predicted octanol–water partition coefficient (Wildman–Crippen LogP) is 0.120. The van der Waals surface area contributed by atoms with Gasteiger partial charge in [0.1, 0.15) is 0 Å². The topological polar surface area (TPSA) is 63.4 Å². The van der Waals surface area contributed by atoms with Crippen LogP contribution in [0.5, 0.6) is 0 Å². The highest BCUT2D eigenvalue weighted by Gasteiger charge is 2.28. The third-order valence-corrected chi connectivity index (χ3v) is 2.41. The third-order valence-electron chi connectivity index (χ3n) is 2.41. The van der Waals surface area contributed by atoms with Crippen molar-refractivity contribution in [3.05, 3.63) is 0 Å². The van der Waals surface area contributed by atoms with E-state index in [-0.39, 0.29) is 17.7 Å². The highest BCUT2D eigenvalue weighted by Crippen LogP contribution is 2.16. The van der Waals surface area contributed by atoms with Gasteiger partial charge in [0.15, 0.2) is 0 Å². The molecular formula is C9H16N2O2. The molecule has 13 heavy (non-hydrogen) atoms. The number of rotatable bonds is 3. The Morgan fingerprint density at radius 2 is 2.23 bits per heavy atom. The summed E-state index contributed by atoms with van der Waals surface area (Å²) in [6.45, 7) is 3.18. The Balaban J connectivity index is 2.40. The lowest BCUT2D eigenvalue weighted by Gasteiger charge is -2.14. The van der Waals surface area contributed by atoms with Crippen LogP contribution in [0.2, 0.25) is 0 Å². The number of nitrogens with zero attached hydrogens (tertiary/aromatic N) is 1.